The molecule has 5 nitrogen and oxygen atoms in total. The molecule has 0 saturated heterocycles. The average molecular weight is 514 g/mol. The van der Waals surface area contributed by atoms with Gasteiger partial charge in [-0.05, 0) is 34.0 Å². The molecule has 0 aliphatic heterocycles. The minimum Gasteiger partial charge on any atom is -0.237 e. The van der Waals surface area contributed by atoms with Gasteiger partial charge in [0, 0.05) is 34.6 Å². The van der Waals surface area contributed by atoms with Gasteiger partial charge in [0.2, 0.25) is 0 Å². The van der Waals surface area contributed by atoms with Crippen LogP contribution in [0.25, 0.3) is 67.5 Å². The lowest BCUT2D eigenvalue weighted by atomic mass is 10.0. The topological polar surface area (TPSA) is 64.5 Å². The van der Waals surface area contributed by atoms with Crippen LogP contribution in [0.5, 0.6) is 0 Å². The highest BCUT2D eigenvalue weighted by molar-refractivity contribution is 5.86. The van der Waals surface area contributed by atoms with E-state index in [1.165, 1.54) is 10.9 Å². The highest BCUT2D eigenvalue weighted by atomic mass is 15.0. The van der Waals surface area contributed by atoms with Gasteiger partial charge in [0.05, 0.1) is 0 Å². The van der Waals surface area contributed by atoms with Crippen molar-refractivity contribution in [1.82, 2.24) is 24.9 Å². The Labute approximate surface area is 231 Å². The lowest BCUT2D eigenvalue weighted by Gasteiger charge is -2.10. The summed E-state index contributed by atoms with van der Waals surface area (Å²) in [5.74, 6) is 2.55. The van der Waals surface area contributed by atoms with Gasteiger partial charge in [0.15, 0.2) is 23.3 Å². The molecule has 0 spiro atoms. The Morgan fingerprint density at radius 1 is 0.300 bits per heavy atom. The van der Waals surface area contributed by atoms with E-state index in [0.717, 1.165) is 33.2 Å². The van der Waals surface area contributed by atoms with Crippen LogP contribution < -0.4 is 0 Å². The molecule has 0 atom stereocenters. The fraction of sp³-hybridized carbons (Fsp3) is 0. The van der Waals surface area contributed by atoms with Gasteiger partial charge in [-0.15, -0.1) is 0 Å². The molecule has 0 radical (unpaired) electrons. The summed E-state index contributed by atoms with van der Waals surface area (Å²) in [4.78, 5) is 23.5. The zero-order valence-corrected chi connectivity index (χ0v) is 21.5. The lowest BCUT2D eigenvalue weighted by Crippen LogP contribution is -2.00. The van der Waals surface area contributed by atoms with Crippen molar-refractivity contribution in [1.29, 1.82) is 0 Å². The van der Waals surface area contributed by atoms with Gasteiger partial charge < -0.3 is 0 Å². The quantitative estimate of drug-likeness (QED) is 0.232. The van der Waals surface area contributed by atoms with Crippen LogP contribution in [0.4, 0.5) is 0 Å². The predicted octanol–water partition coefficient (Wildman–Crippen LogP) is 8.15. The van der Waals surface area contributed by atoms with Crippen molar-refractivity contribution in [3.8, 4) is 56.7 Å². The first kappa shape index (κ1) is 23.6. The molecule has 5 aromatic carbocycles. The highest BCUT2D eigenvalue weighted by Crippen LogP contribution is 2.29. The van der Waals surface area contributed by atoms with Crippen molar-refractivity contribution < 1.29 is 0 Å². The molecule has 2 aromatic heterocycles. The molecule has 7 rings (SSSR count). The Morgan fingerprint density at radius 3 is 1.38 bits per heavy atom. The normalized spacial score (nSPS) is 11.0. The van der Waals surface area contributed by atoms with Gasteiger partial charge in [-0.2, -0.15) is 0 Å². The monoisotopic (exact) mass is 513 g/mol. The largest absolute Gasteiger partial charge is 0.237 e. The zero-order valence-electron chi connectivity index (χ0n) is 21.5. The Hall–Kier alpha value is -5.55. The van der Waals surface area contributed by atoms with Crippen LogP contribution in [-0.4, -0.2) is 24.9 Å². The van der Waals surface area contributed by atoms with E-state index in [-0.39, 0.29) is 0 Å². The molecule has 7 aromatic rings. The third-order valence-corrected chi connectivity index (χ3v) is 6.86. The van der Waals surface area contributed by atoms with Crippen molar-refractivity contribution in [2.45, 2.75) is 0 Å². The van der Waals surface area contributed by atoms with Crippen LogP contribution in [0.1, 0.15) is 0 Å². The maximum absolute atomic E-state index is 4.93. The van der Waals surface area contributed by atoms with Gasteiger partial charge in [-0.25, -0.2) is 24.9 Å². The highest BCUT2D eigenvalue weighted by Gasteiger charge is 2.13. The van der Waals surface area contributed by atoms with Crippen LogP contribution in [-0.2, 0) is 0 Å². The molecular weight excluding hydrogens is 490 g/mol. The van der Waals surface area contributed by atoms with Gasteiger partial charge in [-0.3, -0.25) is 0 Å². The summed E-state index contributed by atoms with van der Waals surface area (Å²) in [5, 5.41) is 2.32. The average Bonchev–Trinajstić information content (AvgIpc) is 3.05. The second-order valence-corrected chi connectivity index (χ2v) is 9.46. The standard InChI is InChI=1S/C35H23N5/c1-2-7-24(8-3-1)26-11-14-28(15-12-26)33-38-34(29-18-16-27(17-19-29)32-36-21-6-22-37-32)40-35(39-33)31-20-13-25-9-4-5-10-30(25)23-31/h1-23H. The summed E-state index contributed by atoms with van der Waals surface area (Å²) in [6.45, 7) is 0. The third kappa shape index (κ3) is 4.72. The first-order chi connectivity index (χ1) is 19.8. The van der Waals surface area contributed by atoms with E-state index in [4.69, 9.17) is 15.0 Å². The van der Waals surface area contributed by atoms with Crippen LogP contribution >= 0.6 is 0 Å². The molecule has 0 saturated carbocycles. The maximum Gasteiger partial charge on any atom is 0.164 e. The number of aromatic nitrogens is 5. The van der Waals surface area contributed by atoms with E-state index < -0.39 is 0 Å². The predicted molar refractivity (Wildman–Crippen MR) is 160 cm³/mol. The SMILES string of the molecule is c1ccc(-c2ccc(-c3nc(-c4ccc(-c5ncccn5)cc4)nc(-c4ccc5ccccc5c4)n3)cc2)cc1. The van der Waals surface area contributed by atoms with E-state index in [1.54, 1.807) is 12.4 Å². The Bertz CT molecular complexity index is 1820. The molecule has 0 N–H and O–H groups in total. The van der Waals surface area contributed by atoms with Gasteiger partial charge in [0.1, 0.15) is 0 Å². The summed E-state index contributed by atoms with van der Waals surface area (Å²) in [5.41, 5.74) is 6.02. The molecule has 188 valence electrons. The molecule has 0 amide bonds. The number of nitrogens with zero attached hydrogens (tertiary/aromatic N) is 5. The van der Waals surface area contributed by atoms with Crippen molar-refractivity contribution in [3.63, 3.8) is 0 Å². The van der Waals surface area contributed by atoms with Gasteiger partial charge in [-0.1, -0.05) is 115 Å². The number of hydrogen-bond donors (Lipinski definition) is 0. The first-order valence-electron chi connectivity index (χ1n) is 13.1. The molecular formula is C35H23N5. The zero-order chi connectivity index (χ0) is 26.7. The molecule has 0 unspecified atom stereocenters. The van der Waals surface area contributed by atoms with E-state index in [2.05, 4.69) is 76.7 Å². The third-order valence-electron chi connectivity index (χ3n) is 6.86. The molecule has 0 aliphatic rings. The van der Waals surface area contributed by atoms with Gasteiger partial charge >= 0.3 is 0 Å². The summed E-state index contributed by atoms with van der Waals surface area (Å²) < 4.78 is 0. The van der Waals surface area contributed by atoms with Crippen molar-refractivity contribution in [2.75, 3.05) is 0 Å². The smallest absolute Gasteiger partial charge is 0.164 e. The van der Waals surface area contributed by atoms with Crippen molar-refractivity contribution in [2.24, 2.45) is 0 Å². The van der Waals surface area contributed by atoms with Crippen LogP contribution in [0.3, 0.4) is 0 Å². The molecule has 0 fully saturated rings. The number of hydrogen-bond acceptors (Lipinski definition) is 5. The number of benzene rings is 5. The Morgan fingerprint density at radius 2 is 0.750 bits per heavy atom. The van der Waals surface area contributed by atoms with E-state index in [0.29, 0.717) is 23.3 Å². The fourth-order valence-electron chi connectivity index (χ4n) is 4.75. The minimum atomic E-state index is 0.612. The van der Waals surface area contributed by atoms with E-state index in [1.807, 2.05) is 60.7 Å². The summed E-state index contributed by atoms with van der Waals surface area (Å²) >= 11 is 0. The summed E-state index contributed by atoms with van der Waals surface area (Å²) in [6.07, 6.45) is 3.49. The Balaban J connectivity index is 1.33. The second-order valence-electron chi connectivity index (χ2n) is 9.46. The molecule has 40 heavy (non-hydrogen) atoms. The van der Waals surface area contributed by atoms with Crippen LogP contribution in [0.2, 0.25) is 0 Å². The van der Waals surface area contributed by atoms with Crippen LogP contribution in [0.15, 0.2) is 140 Å². The fourth-order valence-corrected chi connectivity index (χ4v) is 4.75. The van der Waals surface area contributed by atoms with Gasteiger partial charge in [0.25, 0.3) is 0 Å². The second kappa shape index (κ2) is 10.3. The molecule has 0 bridgehead atoms. The van der Waals surface area contributed by atoms with Crippen molar-refractivity contribution >= 4 is 10.8 Å². The molecule has 5 heteroatoms. The first-order valence-corrected chi connectivity index (χ1v) is 13.1. The van der Waals surface area contributed by atoms with E-state index in [9.17, 15) is 0 Å². The summed E-state index contributed by atoms with van der Waals surface area (Å²) in [6, 6.07) is 43.1. The van der Waals surface area contributed by atoms with E-state index >= 15 is 0 Å². The molecule has 0 aliphatic carbocycles. The number of rotatable bonds is 5. The van der Waals surface area contributed by atoms with Crippen molar-refractivity contribution in [3.05, 3.63) is 140 Å². The minimum absolute atomic E-state index is 0.612. The number of fused-ring (bicyclic) bond motifs is 1. The van der Waals surface area contributed by atoms with Crippen LogP contribution in [0, 0.1) is 0 Å². The molecule has 2 heterocycles. The maximum atomic E-state index is 4.93. The Kier molecular flexibility index (Phi) is 6.07. The summed E-state index contributed by atoms with van der Waals surface area (Å²) in [7, 11) is 0. The lowest BCUT2D eigenvalue weighted by molar-refractivity contribution is 1.07.